The lowest BCUT2D eigenvalue weighted by Crippen LogP contribution is -2.61. The van der Waals surface area contributed by atoms with Gasteiger partial charge in [0, 0.05) is 32.2 Å². The van der Waals surface area contributed by atoms with E-state index in [0.717, 1.165) is 5.56 Å². The Bertz CT molecular complexity index is 521. The number of ether oxygens (including phenoxy) is 1. The molecule has 2 N–H and O–H groups in total. The summed E-state index contributed by atoms with van der Waals surface area (Å²) < 4.78 is 5.13. The minimum atomic E-state index is -0.955. The molecule has 1 aliphatic rings. The van der Waals surface area contributed by atoms with Crippen LogP contribution in [0.5, 0.6) is 0 Å². The van der Waals surface area contributed by atoms with Crippen molar-refractivity contribution < 1.29 is 19.4 Å². The molecule has 0 unspecified atom stereocenters. The van der Waals surface area contributed by atoms with Gasteiger partial charge in [0.25, 0.3) is 0 Å². The first-order valence-corrected chi connectivity index (χ1v) is 6.77. The summed E-state index contributed by atoms with van der Waals surface area (Å²) in [6, 6.07) is 6.36. The molecular formula is C15H20N2O4. The van der Waals surface area contributed by atoms with Crippen LogP contribution in [0.2, 0.25) is 0 Å². The number of carbonyl (C=O) groups excluding carboxylic acids is 1. The third-order valence-electron chi connectivity index (χ3n) is 3.57. The molecule has 0 atom stereocenters. The molecule has 1 aromatic rings. The third-order valence-corrected chi connectivity index (χ3v) is 3.57. The monoisotopic (exact) mass is 292 g/mol. The van der Waals surface area contributed by atoms with E-state index in [1.54, 1.807) is 24.1 Å². The molecule has 1 heterocycles. The summed E-state index contributed by atoms with van der Waals surface area (Å²) in [7, 11) is 1.66. The van der Waals surface area contributed by atoms with Gasteiger partial charge in [0.1, 0.15) is 0 Å². The summed E-state index contributed by atoms with van der Waals surface area (Å²) in [6.45, 7) is 4.49. The summed E-state index contributed by atoms with van der Waals surface area (Å²) in [5.74, 6) is -0.955. The largest absolute Gasteiger partial charge is 0.478 e. The van der Waals surface area contributed by atoms with Crippen LogP contribution >= 0.6 is 0 Å². The molecule has 6 nitrogen and oxygen atoms in total. The van der Waals surface area contributed by atoms with Crippen LogP contribution in [0.1, 0.15) is 22.8 Å². The van der Waals surface area contributed by atoms with E-state index in [0.29, 0.717) is 26.2 Å². The van der Waals surface area contributed by atoms with E-state index in [1.165, 1.54) is 12.1 Å². The quantitative estimate of drug-likeness (QED) is 0.863. The van der Waals surface area contributed by atoms with E-state index in [2.05, 4.69) is 12.2 Å². The zero-order valence-electron chi connectivity index (χ0n) is 12.3. The number of urea groups is 1. The lowest BCUT2D eigenvalue weighted by molar-refractivity contribution is -0.0172. The average Bonchev–Trinajstić information content (AvgIpc) is 2.42. The minimum absolute atomic E-state index is 0.0508. The van der Waals surface area contributed by atoms with Gasteiger partial charge in [-0.15, -0.1) is 0 Å². The Morgan fingerprint density at radius 1 is 1.33 bits per heavy atom. The smallest absolute Gasteiger partial charge is 0.335 e. The number of hydrogen-bond donors (Lipinski definition) is 2. The van der Waals surface area contributed by atoms with Crippen molar-refractivity contribution in [3.8, 4) is 0 Å². The van der Waals surface area contributed by atoms with E-state index in [-0.39, 0.29) is 17.0 Å². The van der Waals surface area contributed by atoms with Crippen LogP contribution in [0.4, 0.5) is 4.79 Å². The minimum Gasteiger partial charge on any atom is -0.478 e. The van der Waals surface area contributed by atoms with Crippen molar-refractivity contribution in [1.82, 2.24) is 10.2 Å². The molecule has 2 amide bonds. The van der Waals surface area contributed by atoms with Crippen LogP contribution in [0.15, 0.2) is 24.3 Å². The van der Waals surface area contributed by atoms with Crippen molar-refractivity contribution >= 4 is 12.0 Å². The lowest BCUT2D eigenvalue weighted by Gasteiger charge is -2.47. The number of amides is 2. The average molecular weight is 292 g/mol. The van der Waals surface area contributed by atoms with Gasteiger partial charge in [-0.05, 0) is 17.7 Å². The summed E-state index contributed by atoms with van der Waals surface area (Å²) in [5.41, 5.74) is 1.16. The number of methoxy groups -OCH3 is 1. The normalized spacial score (nSPS) is 16.2. The Hall–Kier alpha value is -2.08. The van der Waals surface area contributed by atoms with Crippen molar-refractivity contribution in [1.29, 1.82) is 0 Å². The first kappa shape index (κ1) is 15.3. The molecule has 1 fully saturated rings. The highest BCUT2D eigenvalue weighted by atomic mass is 16.5. The molecule has 1 saturated heterocycles. The van der Waals surface area contributed by atoms with Crippen LogP contribution < -0.4 is 5.32 Å². The first-order valence-electron chi connectivity index (χ1n) is 6.77. The number of hydrogen-bond acceptors (Lipinski definition) is 3. The topological polar surface area (TPSA) is 78.9 Å². The highest BCUT2D eigenvalue weighted by Gasteiger charge is 2.41. The Balaban J connectivity index is 1.79. The second-order valence-electron chi connectivity index (χ2n) is 5.76. The molecule has 1 aromatic carbocycles. The predicted molar refractivity (Wildman–Crippen MR) is 77.2 cm³/mol. The molecule has 21 heavy (non-hydrogen) atoms. The number of likely N-dealkylation sites (tertiary alicyclic amines) is 1. The number of carboxylic acids is 1. The van der Waals surface area contributed by atoms with Gasteiger partial charge < -0.3 is 20.1 Å². The summed E-state index contributed by atoms with van der Waals surface area (Å²) in [6.07, 6.45) is 0. The van der Waals surface area contributed by atoms with E-state index >= 15 is 0 Å². The number of rotatable bonds is 5. The Kier molecular flexibility index (Phi) is 4.47. The third kappa shape index (κ3) is 3.72. The highest BCUT2D eigenvalue weighted by molar-refractivity contribution is 5.87. The standard InChI is InChI=1S/C15H20N2O4/c1-15(10-21-2)8-17(9-15)14(20)16-7-11-3-5-12(6-4-11)13(18)19/h3-6H,7-10H2,1-2H3,(H,16,20)(H,18,19). The van der Waals surface area contributed by atoms with Gasteiger partial charge in [-0.1, -0.05) is 19.1 Å². The van der Waals surface area contributed by atoms with Crippen molar-refractivity contribution in [2.24, 2.45) is 5.41 Å². The van der Waals surface area contributed by atoms with Crippen molar-refractivity contribution in [3.05, 3.63) is 35.4 Å². The maximum absolute atomic E-state index is 11.9. The molecule has 114 valence electrons. The van der Waals surface area contributed by atoms with E-state index in [1.807, 2.05) is 0 Å². The molecule has 6 heteroatoms. The second-order valence-corrected chi connectivity index (χ2v) is 5.76. The fourth-order valence-electron chi connectivity index (χ4n) is 2.51. The van der Waals surface area contributed by atoms with Gasteiger partial charge in [0.05, 0.1) is 12.2 Å². The van der Waals surface area contributed by atoms with E-state index < -0.39 is 5.97 Å². The molecule has 0 aliphatic carbocycles. The maximum atomic E-state index is 11.9. The highest BCUT2D eigenvalue weighted by Crippen LogP contribution is 2.29. The molecular weight excluding hydrogens is 272 g/mol. The van der Waals surface area contributed by atoms with Gasteiger partial charge >= 0.3 is 12.0 Å². The Morgan fingerprint density at radius 3 is 2.48 bits per heavy atom. The summed E-state index contributed by atoms with van der Waals surface area (Å²) in [4.78, 5) is 24.4. The summed E-state index contributed by atoms with van der Waals surface area (Å²) in [5, 5.41) is 11.6. The van der Waals surface area contributed by atoms with Gasteiger partial charge in [0.2, 0.25) is 0 Å². The Labute approximate surface area is 123 Å². The van der Waals surface area contributed by atoms with Crippen LogP contribution in [0.3, 0.4) is 0 Å². The first-order chi connectivity index (χ1) is 9.93. The van der Waals surface area contributed by atoms with Gasteiger partial charge in [0.15, 0.2) is 0 Å². The molecule has 0 saturated carbocycles. The number of nitrogens with zero attached hydrogens (tertiary/aromatic N) is 1. The van der Waals surface area contributed by atoms with Gasteiger partial charge in [-0.2, -0.15) is 0 Å². The fourth-order valence-corrected chi connectivity index (χ4v) is 2.51. The van der Waals surface area contributed by atoms with Crippen LogP contribution in [0, 0.1) is 5.41 Å². The number of carbonyl (C=O) groups is 2. The van der Waals surface area contributed by atoms with E-state index in [4.69, 9.17) is 9.84 Å². The zero-order valence-corrected chi connectivity index (χ0v) is 12.3. The van der Waals surface area contributed by atoms with Crippen molar-refractivity contribution in [2.45, 2.75) is 13.5 Å². The van der Waals surface area contributed by atoms with Crippen LogP contribution in [-0.2, 0) is 11.3 Å². The van der Waals surface area contributed by atoms with Crippen molar-refractivity contribution in [3.63, 3.8) is 0 Å². The Morgan fingerprint density at radius 2 is 1.95 bits per heavy atom. The maximum Gasteiger partial charge on any atom is 0.335 e. The number of aromatic carboxylic acids is 1. The SMILES string of the molecule is COCC1(C)CN(C(=O)NCc2ccc(C(=O)O)cc2)C1. The van der Waals surface area contributed by atoms with Gasteiger partial charge in [-0.25, -0.2) is 9.59 Å². The zero-order chi connectivity index (χ0) is 15.5. The van der Waals surface area contributed by atoms with Gasteiger partial charge in [-0.3, -0.25) is 0 Å². The number of benzene rings is 1. The molecule has 0 aromatic heterocycles. The molecule has 0 bridgehead atoms. The second kappa shape index (κ2) is 6.13. The van der Waals surface area contributed by atoms with Crippen LogP contribution in [0.25, 0.3) is 0 Å². The van der Waals surface area contributed by atoms with E-state index in [9.17, 15) is 9.59 Å². The predicted octanol–water partition coefficient (Wildman–Crippen LogP) is 1.56. The summed E-state index contributed by atoms with van der Waals surface area (Å²) >= 11 is 0. The molecule has 1 aliphatic heterocycles. The number of nitrogens with one attached hydrogen (secondary N) is 1. The molecule has 0 radical (unpaired) electrons. The van der Waals surface area contributed by atoms with Crippen molar-refractivity contribution in [2.75, 3.05) is 26.8 Å². The van der Waals surface area contributed by atoms with Crippen LogP contribution in [-0.4, -0.2) is 48.8 Å². The molecule has 2 rings (SSSR count). The molecule has 0 spiro atoms. The number of carboxylic acid groups (broad SMARTS) is 1. The fraction of sp³-hybridized carbons (Fsp3) is 0.467. The lowest BCUT2D eigenvalue weighted by atomic mass is 9.83.